The van der Waals surface area contributed by atoms with Crippen LogP contribution in [0.3, 0.4) is 0 Å². The van der Waals surface area contributed by atoms with E-state index in [4.69, 9.17) is 29.4 Å². The van der Waals surface area contributed by atoms with Crippen LogP contribution in [0.4, 0.5) is 0 Å². The van der Waals surface area contributed by atoms with Gasteiger partial charge in [0.25, 0.3) is 0 Å². The van der Waals surface area contributed by atoms with Gasteiger partial charge in [-0.05, 0) is 245 Å². The van der Waals surface area contributed by atoms with Gasteiger partial charge in [-0.25, -0.2) is 9.97 Å². The molecule has 0 amide bonds. The Kier molecular flexibility index (Phi) is 18.1. The molecule has 462 valence electrons. The van der Waals surface area contributed by atoms with Crippen molar-refractivity contribution in [1.29, 1.82) is 0 Å². The number of ether oxygens (including phenoxy) is 2. The fourth-order valence-corrected chi connectivity index (χ4v) is 14.2. The Morgan fingerprint density at radius 2 is 0.692 bits per heavy atom. The molecule has 9 heterocycles. The van der Waals surface area contributed by atoms with Gasteiger partial charge in [0.2, 0.25) is 0 Å². The van der Waals surface area contributed by atoms with E-state index in [1.54, 1.807) is 0 Å². The number of aromatic nitrogens is 8. The van der Waals surface area contributed by atoms with E-state index in [1.165, 1.54) is 33.9 Å². The van der Waals surface area contributed by atoms with Crippen molar-refractivity contribution < 1.29 is 26.0 Å². The summed E-state index contributed by atoms with van der Waals surface area (Å²) in [5.74, 6) is 1.61. The molecule has 0 atom stereocenters. The number of hydrogen-bond donors (Lipinski definition) is 4. The molecule has 0 unspecified atom stereocenters. The second-order valence-electron chi connectivity index (χ2n) is 25.3. The van der Waals surface area contributed by atoms with Gasteiger partial charge in [-0.15, -0.1) is 22.1 Å². The van der Waals surface area contributed by atoms with Crippen molar-refractivity contribution in [3.8, 4) is 56.0 Å². The van der Waals surface area contributed by atoms with Gasteiger partial charge in [0.05, 0.1) is 36.0 Å². The fourth-order valence-electron chi connectivity index (χ4n) is 14.2. The maximum Gasteiger partial charge on any atom is 2.00 e. The number of benzene rings is 4. The van der Waals surface area contributed by atoms with Gasteiger partial charge in [-0.1, -0.05) is 110 Å². The molecule has 0 saturated heterocycles. The van der Waals surface area contributed by atoms with Gasteiger partial charge < -0.3 is 39.4 Å². The third-order valence-corrected chi connectivity index (χ3v) is 18.7. The Bertz CT molecular complexity index is 4190. The zero-order valence-corrected chi connectivity index (χ0v) is 54.5. The van der Waals surface area contributed by atoms with E-state index in [0.29, 0.717) is 13.2 Å². The average molecular weight is 1240 g/mol. The first kappa shape index (κ1) is 61.9. The number of aryl methyl sites for hydroxylation is 6. The Balaban J connectivity index is 0.00000800. The molecule has 8 bridgehead atoms. The Labute approximate surface area is 545 Å². The third-order valence-electron chi connectivity index (χ3n) is 18.7. The van der Waals surface area contributed by atoms with Gasteiger partial charge in [-0.2, -0.15) is 0 Å². The number of rotatable bonds is 22. The number of H-pyrrole nitrogens is 4. The van der Waals surface area contributed by atoms with Gasteiger partial charge in [0.1, 0.15) is 11.5 Å². The van der Waals surface area contributed by atoms with E-state index >= 15 is 0 Å². The van der Waals surface area contributed by atoms with Crippen LogP contribution in [0.15, 0.2) is 170 Å². The second-order valence-corrected chi connectivity index (χ2v) is 25.3. The molecule has 0 saturated carbocycles. The predicted octanol–water partition coefficient (Wildman–Crippen LogP) is 19.6. The minimum absolute atomic E-state index is 0. The molecule has 4 N–H and O–H groups in total. The molecule has 4 aromatic carbocycles. The normalized spacial score (nSPS) is 12.2. The summed E-state index contributed by atoms with van der Waals surface area (Å²) in [6.07, 6.45) is 24.8. The number of hydrogen-bond acceptors (Lipinski definition) is 4. The van der Waals surface area contributed by atoms with Gasteiger partial charge in [0.15, 0.2) is 0 Å². The molecule has 0 spiro atoms. The van der Waals surface area contributed by atoms with Gasteiger partial charge in [0, 0.05) is 58.4 Å². The van der Waals surface area contributed by atoms with Crippen molar-refractivity contribution in [2.45, 2.75) is 118 Å². The van der Waals surface area contributed by atoms with Gasteiger partial charge >= 0.3 is 16.5 Å². The van der Waals surface area contributed by atoms with E-state index in [-0.39, 0.29) is 27.3 Å². The Morgan fingerprint density at radius 1 is 0.363 bits per heavy atom. The monoisotopic (exact) mass is 1240 g/mol. The SMILES string of the molecule is Cc1cc(C)c(-c2c3nc(c(-c4cccc(OCCCCCC(C)(c5ccc[nH]5)c5ccc[nH]5)c4)c4ccc([n-]4)c(-c4c(C)cc(C)cc4C)c4nc(c(-c5cccc(OCCCCCC(C)(c6ccc[nH]6)c6ccc[nH]6)c5)c5ccc2[n-]5)C=C4)C=C3)c(C)c1.[Ni+2]. The average Bonchev–Trinajstić information content (AvgIpc) is 1.94. The number of fused-ring (bicyclic) bond motifs is 8. The number of unbranched alkanes of at least 4 members (excludes halogenated alkanes) is 4. The standard InChI is InChI=1S/C80H80N8O2.Ni/c1-51-45-53(3)73(54(4)46-51)77-65-33-29-61(85-65)75(57-21-15-23-59(49-57)89-43-13-9-11-37-79(7,69-25-17-39-81-69)70-26-18-40-82-70)63-31-35-67(87-63)78(74-55(5)47-52(2)48-56(74)6)68-36-32-64(88-68)76(62-30-34-66(77)86-62)58-22-16-24-60(50-58)90-44-14-10-12-38-80(8,71-27-19-41-83-71)72-28-20-42-84-72;/h15-36,39-42,45-50,81-84H,9-14,37-38,43-44H2,1-8H3;/q-2;+2. The maximum atomic E-state index is 6.64. The van der Waals surface area contributed by atoms with Crippen molar-refractivity contribution in [3.63, 3.8) is 0 Å². The van der Waals surface area contributed by atoms with E-state index in [9.17, 15) is 0 Å². The number of aromatic amines is 4. The Morgan fingerprint density at radius 3 is 1.02 bits per heavy atom. The summed E-state index contributed by atoms with van der Waals surface area (Å²) in [7, 11) is 0. The summed E-state index contributed by atoms with van der Waals surface area (Å²) >= 11 is 0. The molecule has 13 rings (SSSR count). The van der Waals surface area contributed by atoms with Crippen molar-refractivity contribution in [3.05, 3.63) is 249 Å². The molecule has 2 aliphatic heterocycles. The molecule has 2 aliphatic rings. The van der Waals surface area contributed by atoms with Gasteiger partial charge in [-0.3, -0.25) is 0 Å². The summed E-state index contributed by atoms with van der Waals surface area (Å²) in [6, 6.07) is 51.7. The van der Waals surface area contributed by atoms with Crippen LogP contribution in [-0.2, 0) is 27.3 Å². The van der Waals surface area contributed by atoms with Crippen LogP contribution < -0.4 is 19.4 Å². The van der Waals surface area contributed by atoms with Crippen molar-refractivity contribution in [2.75, 3.05) is 13.2 Å². The number of nitrogens with zero attached hydrogens (tertiary/aromatic N) is 4. The summed E-state index contributed by atoms with van der Waals surface area (Å²) in [4.78, 5) is 36.6. The first-order valence-electron chi connectivity index (χ1n) is 32.1. The first-order chi connectivity index (χ1) is 43.8. The topological polar surface area (TPSA) is 136 Å². The van der Waals surface area contributed by atoms with Crippen LogP contribution in [0.1, 0.15) is 144 Å². The predicted molar refractivity (Wildman–Crippen MR) is 371 cm³/mol. The molecule has 11 heteroatoms. The van der Waals surface area contributed by atoms with Crippen LogP contribution in [0.5, 0.6) is 11.5 Å². The minimum atomic E-state index is -0.130. The summed E-state index contributed by atoms with van der Waals surface area (Å²) < 4.78 is 13.3. The quantitative estimate of drug-likeness (QED) is 0.0394. The molecule has 11 aromatic rings. The Hall–Kier alpha value is -9.31. The third kappa shape index (κ3) is 12.7. The van der Waals surface area contributed by atoms with E-state index in [1.807, 2.05) is 24.8 Å². The zero-order chi connectivity index (χ0) is 61.9. The van der Waals surface area contributed by atoms with E-state index in [0.717, 1.165) is 174 Å². The molecule has 0 fully saturated rings. The van der Waals surface area contributed by atoms with Crippen LogP contribution in [0.2, 0.25) is 0 Å². The van der Waals surface area contributed by atoms with Crippen LogP contribution in [-0.4, -0.2) is 43.1 Å². The van der Waals surface area contributed by atoms with Crippen LogP contribution in [0.25, 0.3) is 90.9 Å². The molecular formula is C80H80N8NiO2. The van der Waals surface area contributed by atoms with Crippen molar-refractivity contribution >= 4 is 46.4 Å². The van der Waals surface area contributed by atoms with Crippen LogP contribution >= 0.6 is 0 Å². The summed E-state index contributed by atoms with van der Waals surface area (Å²) in [5.41, 5.74) is 26.2. The van der Waals surface area contributed by atoms with E-state index in [2.05, 4.69) is 245 Å². The van der Waals surface area contributed by atoms with Crippen molar-refractivity contribution in [2.24, 2.45) is 0 Å². The molecular weight excluding hydrogens is 1160 g/mol. The smallest absolute Gasteiger partial charge is 0.657 e. The molecule has 7 aromatic heterocycles. The zero-order valence-electron chi connectivity index (χ0n) is 53.5. The minimum Gasteiger partial charge on any atom is -0.657 e. The fraction of sp³-hybridized carbons (Fsp3) is 0.250. The molecule has 0 aliphatic carbocycles. The maximum absolute atomic E-state index is 6.64. The largest absolute Gasteiger partial charge is 2.00 e. The summed E-state index contributed by atoms with van der Waals surface area (Å²) in [5, 5.41) is 0. The van der Waals surface area contributed by atoms with Crippen molar-refractivity contribution in [1.82, 2.24) is 39.9 Å². The van der Waals surface area contributed by atoms with Crippen LogP contribution in [0, 0.1) is 41.5 Å². The second kappa shape index (κ2) is 26.6. The number of nitrogens with one attached hydrogen (secondary N) is 4. The van der Waals surface area contributed by atoms with E-state index < -0.39 is 0 Å². The molecule has 0 radical (unpaired) electrons. The molecule has 91 heavy (non-hydrogen) atoms. The first-order valence-corrected chi connectivity index (χ1v) is 32.1. The molecule has 10 nitrogen and oxygen atoms in total. The summed E-state index contributed by atoms with van der Waals surface area (Å²) in [6.45, 7) is 19.0.